The van der Waals surface area contributed by atoms with Crippen molar-refractivity contribution in [2.24, 2.45) is 24.8 Å². The van der Waals surface area contributed by atoms with Crippen molar-refractivity contribution in [3.63, 3.8) is 0 Å². The Kier molecular flexibility index (Phi) is 4.75. The smallest absolute Gasteiger partial charge is 0.329 e. The maximum Gasteiger partial charge on any atom is 0.329 e. The van der Waals surface area contributed by atoms with Gasteiger partial charge in [0.2, 0.25) is 5.95 Å². The summed E-state index contributed by atoms with van der Waals surface area (Å²) in [5.41, 5.74) is 0.207. The van der Waals surface area contributed by atoms with Crippen molar-refractivity contribution >= 4 is 17.1 Å². The first kappa shape index (κ1) is 17.8. The number of nitrogens with one attached hydrogen (secondary N) is 1. The molecule has 0 aliphatic carbocycles. The molecule has 0 aromatic carbocycles. The summed E-state index contributed by atoms with van der Waals surface area (Å²) in [5.74, 6) is 2.52. The van der Waals surface area contributed by atoms with Crippen molar-refractivity contribution in [3.05, 3.63) is 20.8 Å². The molecule has 0 bridgehead atoms. The molecule has 2 aromatic heterocycles. The molecule has 1 N–H and O–H groups in total. The van der Waals surface area contributed by atoms with Gasteiger partial charge in [0.05, 0.1) is 0 Å². The predicted molar refractivity (Wildman–Crippen MR) is 100 cm³/mol. The highest BCUT2D eigenvalue weighted by Crippen LogP contribution is 2.28. The minimum absolute atomic E-state index is 0.348. The fraction of sp³-hybridized carbons (Fsp3) is 0.722. The summed E-state index contributed by atoms with van der Waals surface area (Å²) in [5, 5.41) is 0. The van der Waals surface area contributed by atoms with Crippen LogP contribution in [-0.2, 0) is 13.6 Å². The van der Waals surface area contributed by atoms with Crippen LogP contribution < -0.4 is 16.1 Å². The molecule has 3 heterocycles. The van der Waals surface area contributed by atoms with E-state index in [0.29, 0.717) is 28.9 Å². The number of hydrogen-bond acceptors (Lipinski definition) is 4. The number of hydrogen-bond donors (Lipinski definition) is 1. The molecule has 1 saturated heterocycles. The van der Waals surface area contributed by atoms with Crippen LogP contribution in [0.4, 0.5) is 5.95 Å². The molecule has 0 spiro atoms. The Labute approximate surface area is 147 Å². The SMILES string of the molecule is CC(C)CCn1c(N2C[C@@H](C)C[C@H](C)C2)nc2c1c(=O)[nH]c(=O)n2C. The van der Waals surface area contributed by atoms with Crippen LogP contribution >= 0.6 is 0 Å². The van der Waals surface area contributed by atoms with E-state index in [1.807, 2.05) is 4.57 Å². The van der Waals surface area contributed by atoms with Gasteiger partial charge in [-0.15, -0.1) is 0 Å². The summed E-state index contributed by atoms with van der Waals surface area (Å²) in [6.45, 7) is 11.4. The summed E-state index contributed by atoms with van der Waals surface area (Å²) in [6, 6.07) is 0. The van der Waals surface area contributed by atoms with E-state index in [4.69, 9.17) is 4.98 Å². The third-order valence-corrected chi connectivity index (χ3v) is 5.07. The molecule has 2 aromatic rings. The van der Waals surface area contributed by atoms with Crippen LogP contribution in [0.1, 0.15) is 40.5 Å². The zero-order valence-electron chi connectivity index (χ0n) is 15.9. The minimum Gasteiger partial charge on any atom is -0.342 e. The average Bonchev–Trinajstić information content (AvgIpc) is 2.90. The molecule has 7 heteroatoms. The van der Waals surface area contributed by atoms with Gasteiger partial charge in [0.1, 0.15) is 0 Å². The fourth-order valence-corrected chi connectivity index (χ4v) is 3.89. The van der Waals surface area contributed by atoms with Gasteiger partial charge < -0.3 is 9.47 Å². The summed E-state index contributed by atoms with van der Waals surface area (Å²) < 4.78 is 3.45. The number of aromatic amines is 1. The van der Waals surface area contributed by atoms with Crippen molar-refractivity contribution < 1.29 is 0 Å². The zero-order valence-corrected chi connectivity index (χ0v) is 15.9. The van der Waals surface area contributed by atoms with E-state index in [9.17, 15) is 9.59 Å². The molecule has 1 aliphatic rings. The molecular weight excluding hydrogens is 318 g/mol. The molecule has 0 amide bonds. The van der Waals surface area contributed by atoms with Crippen LogP contribution in [0.3, 0.4) is 0 Å². The average molecular weight is 347 g/mol. The second-order valence-corrected chi connectivity index (χ2v) is 8.09. The van der Waals surface area contributed by atoms with Gasteiger partial charge in [0.15, 0.2) is 11.2 Å². The molecule has 0 unspecified atom stereocenters. The zero-order chi connectivity index (χ0) is 18.3. The highest BCUT2D eigenvalue weighted by molar-refractivity contribution is 5.74. The number of anilines is 1. The number of piperidine rings is 1. The third-order valence-electron chi connectivity index (χ3n) is 5.07. The van der Waals surface area contributed by atoms with E-state index in [-0.39, 0.29) is 5.56 Å². The predicted octanol–water partition coefficient (Wildman–Crippen LogP) is 1.95. The van der Waals surface area contributed by atoms with Gasteiger partial charge in [0, 0.05) is 26.7 Å². The molecule has 0 saturated carbocycles. The van der Waals surface area contributed by atoms with Crippen molar-refractivity contribution in [2.75, 3.05) is 18.0 Å². The molecular formula is C18H29N5O2. The number of fused-ring (bicyclic) bond motifs is 1. The first-order valence-corrected chi connectivity index (χ1v) is 9.22. The van der Waals surface area contributed by atoms with Crippen molar-refractivity contribution in [2.45, 2.75) is 47.1 Å². The van der Waals surface area contributed by atoms with E-state index in [1.165, 1.54) is 11.0 Å². The lowest BCUT2D eigenvalue weighted by Crippen LogP contribution is -2.40. The van der Waals surface area contributed by atoms with E-state index in [1.54, 1.807) is 7.05 Å². The topological polar surface area (TPSA) is 75.9 Å². The second-order valence-electron chi connectivity index (χ2n) is 8.09. The van der Waals surface area contributed by atoms with Crippen molar-refractivity contribution in [3.8, 4) is 0 Å². The number of nitrogens with zero attached hydrogens (tertiary/aromatic N) is 4. The summed E-state index contributed by atoms with van der Waals surface area (Å²) in [4.78, 5) is 33.9. The van der Waals surface area contributed by atoms with Gasteiger partial charge in [-0.05, 0) is 30.6 Å². The van der Waals surface area contributed by atoms with Crippen LogP contribution in [0.5, 0.6) is 0 Å². The minimum atomic E-state index is -0.419. The first-order valence-electron chi connectivity index (χ1n) is 9.22. The number of rotatable bonds is 4. The molecule has 25 heavy (non-hydrogen) atoms. The van der Waals surface area contributed by atoms with Crippen molar-refractivity contribution in [1.82, 2.24) is 19.1 Å². The molecule has 3 rings (SSSR count). The third kappa shape index (κ3) is 3.37. The van der Waals surface area contributed by atoms with E-state index >= 15 is 0 Å². The molecule has 7 nitrogen and oxygen atoms in total. The van der Waals surface area contributed by atoms with Crippen LogP contribution in [0.2, 0.25) is 0 Å². The Balaban J connectivity index is 2.17. The first-order chi connectivity index (χ1) is 11.8. The highest BCUT2D eigenvalue weighted by Gasteiger charge is 2.27. The van der Waals surface area contributed by atoms with Gasteiger partial charge in [-0.1, -0.05) is 27.7 Å². The second kappa shape index (κ2) is 6.69. The quantitative estimate of drug-likeness (QED) is 0.917. The maximum atomic E-state index is 12.5. The highest BCUT2D eigenvalue weighted by atomic mass is 16.2. The Bertz CT molecular complexity index is 866. The Morgan fingerprint density at radius 3 is 2.44 bits per heavy atom. The normalized spacial score (nSPS) is 21.4. The van der Waals surface area contributed by atoms with Crippen LogP contribution in [0.15, 0.2) is 9.59 Å². The van der Waals surface area contributed by atoms with E-state index in [0.717, 1.165) is 32.0 Å². The molecule has 2 atom stereocenters. The van der Waals surface area contributed by atoms with Gasteiger partial charge in [-0.25, -0.2) is 4.79 Å². The van der Waals surface area contributed by atoms with E-state index < -0.39 is 5.69 Å². The van der Waals surface area contributed by atoms with Crippen LogP contribution in [-0.4, -0.2) is 32.2 Å². The van der Waals surface area contributed by atoms with Crippen LogP contribution in [0.25, 0.3) is 11.2 Å². The lowest BCUT2D eigenvalue weighted by molar-refractivity contribution is 0.350. The standard InChI is InChI=1S/C18H29N5O2/c1-11(2)6-7-23-14-15(21(5)18(25)20-16(14)24)19-17(23)22-9-12(3)8-13(4)10-22/h11-13H,6-10H2,1-5H3,(H,20,24,25)/t12-,13-/m0/s1. The monoisotopic (exact) mass is 347 g/mol. The maximum absolute atomic E-state index is 12.5. The Morgan fingerprint density at radius 2 is 1.84 bits per heavy atom. The molecule has 1 fully saturated rings. The van der Waals surface area contributed by atoms with Gasteiger partial charge in [0.25, 0.3) is 5.56 Å². The summed E-state index contributed by atoms with van der Waals surface area (Å²) in [7, 11) is 1.66. The lowest BCUT2D eigenvalue weighted by atomic mass is 9.92. The molecule has 1 aliphatic heterocycles. The number of H-pyrrole nitrogens is 1. The Hall–Kier alpha value is -2.05. The molecule has 0 radical (unpaired) electrons. The Morgan fingerprint density at radius 1 is 1.20 bits per heavy atom. The van der Waals surface area contributed by atoms with Crippen LogP contribution in [0, 0.1) is 17.8 Å². The number of aryl methyl sites for hydroxylation is 2. The lowest BCUT2D eigenvalue weighted by Gasteiger charge is -2.35. The van der Waals surface area contributed by atoms with Gasteiger partial charge in [-0.3, -0.25) is 14.3 Å². The van der Waals surface area contributed by atoms with Gasteiger partial charge >= 0.3 is 5.69 Å². The molecule has 138 valence electrons. The van der Waals surface area contributed by atoms with Gasteiger partial charge in [-0.2, -0.15) is 4.98 Å². The number of aromatic nitrogens is 4. The van der Waals surface area contributed by atoms with E-state index in [2.05, 4.69) is 37.6 Å². The number of imidazole rings is 1. The van der Waals surface area contributed by atoms with Crippen molar-refractivity contribution in [1.29, 1.82) is 0 Å². The largest absolute Gasteiger partial charge is 0.342 e. The summed E-state index contributed by atoms with van der Waals surface area (Å²) >= 11 is 0. The fourth-order valence-electron chi connectivity index (χ4n) is 3.89. The summed E-state index contributed by atoms with van der Waals surface area (Å²) in [6.07, 6.45) is 2.17.